The van der Waals surface area contributed by atoms with Crippen molar-refractivity contribution in [1.29, 1.82) is 0 Å². The molecule has 2 aliphatic heterocycles. The number of nitrogens with zero attached hydrogens (tertiary/aromatic N) is 1. The molecule has 16 heavy (non-hydrogen) atoms. The van der Waals surface area contributed by atoms with Crippen LogP contribution in [-0.4, -0.2) is 37.0 Å². The third-order valence-corrected chi connectivity index (χ3v) is 4.26. The number of carbonyl (C=O) groups is 1. The second-order valence-electron chi connectivity index (χ2n) is 5.65. The highest BCUT2D eigenvalue weighted by molar-refractivity contribution is 5.76. The number of amides is 1. The predicted molar refractivity (Wildman–Crippen MR) is 65.1 cm³/mol. The Morgan fingerprint density at radius 1 is 1.19 bits per heavy atom. The Morgan fingerprint density at radius 2 is 1.75 bits per heavy atom. The van der Waals surface area contributed by atoms with Crippen LogP contribution in [0.15, 0.2) is 0 Å². The van der Waals surface area contributed by atoms with Crippen molar-refractivity contribution in [2.75, 3.05) is 26.2 Å². The molecule has 0 aromatic carbocycles. The first-order valence-corrected chi connectivity index (χ1v) is 6.65. The van der Waals surface area contributed by atoms with E-state index >= 15 is 0 Å². The van der Waals surface area contributed by atoms with Crippen molar-refractivity contribution in [2.45, 2.75) is 33.1 Å². The minimum atomic E-state index is 0.392. The predicted octanol–water partition coefficient (Wildman–Crippen LogP) is 1.49. The summed E-state index contributed by atoms with van der Waals surface area (Å²) < 4.78 is 0. The van der Waals surface area contributed by atoms with Crippen LogP contribution in [0.1, 0.15) is 33.1 Å². The van der Waals surface area contributed by atoms with Gasteiger partial charge in [-0.15, -0.1) is 0 Å². The molecule has 2 heterocycles. The lowest BCUT2D eigenvalue weighted by Gasteiger charge is -2.24. The molecule has 2 rings (SSSR count). The summed E-state index contributed by atoms with van der Waals surface area (Å²) in [5.74, 6) is 2.37. The van der Waals surface area contributed by atoms with Gasteiger partial charge in [0.25, 0.3) is 0 Å². The quantitative estimate of drug-likeness (QED) is 0.771. The van der Waals surface area contributed by atoms with E-state index in [1.54, 1.807) is 0 Å². The molecule has 0 spiro atoms. The van der Waals surface area contributed by atoms with Gasteiger partial charge in [-0.2, -0.15) is 0 Å². The van der Waals surface area contributed by atoms with Gasteiger partial charge < -0.3 is 10.2 Å². The van der Waals surface area contributed by atoms with Gasteiger partial charge in [0.1, 0.15) is 0 Å². The second kappa shape index (κ2) is 5.17. The summed E-state index contributed by atoms with van der Waals surface area (Å²) in [7, 11) is 0. The van der Waals surface area contributed by atoms with Gasteiger partial charge in [0, 0.05) is 19.5 Å². The SMILES string of the molecule is CC1CN(C(=O)CC2CCNCC2)CC1C. The normalized spacial score (nSPS) is 32.0. The monoisotopic (exact) mass is 224 g/mol. The fourth-order valence-electron chi connectivity index (χ4n) is 2.80. The van der Waals surface area contributed by atoms with Crippen molar-refractivity contribution in [3.8, 4) is 0 Å². The maximum absolute atomic E-state index is 12.1. The van der Waals surface area contributed by atoms with E-state index in [0.29, 0.717) is 23.7 Å². The first-order valence-electron chi connectivity index (χ1n) is 6.65. The Bertz CT molecular complexity index is 238. The molecular weight excluding hydrogens is 200 g/mol. The van der Waals surface area contributed by atoms with Gasteiger partial charge in [0.15, 0.2) is 0 Å². The number of piperidine rings is 1. The van der Waals surface area contributed by atoms with Gasteiger partial charge >= 0.3 is 0 Å². The van der Waals surface area contributed by atoms with Crippen LogP contribution in [0.3, 0.4) is 0 Å². The van der Waals surface area contributed by atoms with Crippen molar-refractivity contribution in [3.63, 3.8) is 0 Å². The summed E-state index contributed by atoms with van der Waals surface area (Å²) in [4.78, 5) is 14.2. The molecule has 3 heteroatoms. The molecule has 2 saturated heterocycles. The van der Waals surface area contributed by atoms with Crippen molar-refractivity contribution in [2.24, 2.45) is 17.8 Å². The molecule has 0 aromatic heterocycles. The molecule has 2 unspecified atom stereocenters. The lowest BCUT2D eigenvalue weighted by atomic mass is 9.94. The Kier molecular flexibility index (Phi) is 3.85. The Morgan fingerprint density at radius 3 is 2.31 bits per heavy atom. The number of hydrogen-bond acceptors (Lipinski definition) is 2. The Labute approximate surface area is 98.6 Å². The average Bonchev–Trinajstić information content (AvgIpc) is 2.61. The summed E-state index contributed by atoms with van der Waals surface area (Å²) in [6.07, 6.45) is 3.12. The van der Waals surface area contributed by atoms with Gasteiger partial charge in [0.2, 0.25) is 5.91 Å². The zero-order chi connectivity index (χ0) is 11.5. The number of nitrogens with one attached hydrogen (secondary N) is 1. The maximum atomic E-state index is 12.1. The van der Waals surface area contributed by atoms with Crippen LogP contribution in [0, 0.1) is 17.8 Å². The van der Waals surface area contributed by atoms with E-state index in [9.17, 15) is 4.79 Å². The van der Waals surface area contributed by atoms with Gasteiger partial charge in [-0.3, -0.25) is 4.79 Å². The fraction of sp³-hybridized carbons (Fsp3) is 0.923. The zero-order valence-electron chi connectivity index (χ0n) is 10.5. The number of hydrogen-bond donors (Lipinski definition) is 1. The summed E-state index contributed by atoms with van der Waals surface area (Å²) in [6.45, 7) is 8.64. The van der Waals surface area contributed by atoms with E-state index in [-0.39, 0.29) is 0 Å². The summed E-state index contributed by atoms with van der Waals surface area (Å²) in [6, 6.07) is 0. The molecule has 3 nitrogen and oxygen atoms in total. The summed E-state index contributed by atoms with van der Waals surface area (Å²) in [5, 5.41) is 3.35. The molecule has 1 amide bonds. The minimum Gasteiger partial charge on any atom is -0.342 e. The molecule has 2 fully saturated rings. The van der Waals surface area contributed by atoms with Gasteiger partial charge in [-0.1, -0.05) is 13.8 Å². The van der Waals surface area contributed by atoms with E-state index in [1.165, 1.54) is 12.8 Å². The van der Waals surface area contributed by atoms with E-state index in [1.807, 2.05) is 0 Å². The maximum Gasteiger partial charge on any atom is 0.222 e. The van der Waals surface area contributed by atoms with Gasteiger partial charge in [-0.25, -0.2) is 0 Å². The van der Waals surface area contributed by atoms with Crippen LogP contribution < -0.4 is 5.32 Å². The highest BCUT2D eigenvalue weighted by Gasteiger charge is 2.30. The van der Waals surface area contributed by atoms with Crippen molar-refractivity contribution in [1.82, 2.24) is 10.2 Å². The van der Waals surface area contributed by atoms with Crippen LogP contribution in [0.25, 0.3) is 0 Å². The van der Waals surface area contributed by atoms with Gasteiger partial charge in [-0.05, 0) is 43.7 Å². The Hall–Kier alpha value is -0.570. The van der Waals surface area contributed by atoms with E-state index in [0.717, 1.165) is 32.6 Å². The lowest BCUT2D eigenvalue weighted by molar-refractivity contribution is -0.131. The highest BCUT2D eigenvalue weighted by Crippen LogP contribution is 2.25. The topological polar surface area (TPSA) is 32.3 Å². The third-order valence-electron chi connectivity index (χ3n) is 4.26. The summed E-state index contributed by atoms with van der Waals surface area (Å²) >= 11 is 0. The van der Waals surface area contributed by atoms with Crippen LogP contribution in [-0.2, 0) is 4.79 Å². The van der Waals surface area contributed by atoms with E-state index in [2.05, 4.69) is 24.1 Å². The molecule has 2 atom stereocenters. The van der Waals surface area contributed by atoms with Crippen LogP contribution in [0.2, 0.25) is 0 Å². The molecule has 0 aromatic rings. The molecule has 1 N–H and O–H groups in total. The average molecular weight is 224 g/mol. The van der Waals surface area contributed by atoms with Crippen LogP contribution in [0.5, 0.6) is 0 Å². The van der Waals surface area contributed by atoms with Crippen molar-refractivity contribution >= 4 is 5.91 Å². The third kappa shape index (κ3) is 2.76. The molecule has 0 radical (unpaired) electrons. The molecule has 0 saturated carbocycles. The van der Waals surface area contributed by atoms with E-state index in [4.69, 9.17) is 0 Å². The molecule has 0 aliphatic carbocycles. The first-order chi connectivity index (χ1) is 7.66. The molecular formula is C13H24N2O. The van der Waals surface area contributed by atoms with Crippen molar-refractivity contribution < 1.29 is 4.79 Å². The molecule has 0 bridgehead atoms. The van der Waals surface area contributed by atoms with Gasteiger partial charge in [0.05, 0.1) is 0 Å². The fourth-order valence-corrected chi connectivity index (χ4v) is 2.80. The number of carbonyl (C=O) groups excluding carboxylic acids is 1. The molecule has 92 valence electrons. The minimum absolute atomic E-state index is 0.392. The second-order valence-corrected chi connectivity index (χ2v) is 5.65. The highest BCUT2D eigenvalue weighted by atomic mass is 16.2. The molecule has 2 aliphatic rings. The van der Waals surface area contributed by atoms with Crippen molar-refractivity contribution in [3.05, 3.63) is 0 Å². The lowest BCUT2D eigenvalue weighted by Crippen LogP contribution is -2.34. The smallest absolute Gasteiger partial charge is 0.222 e. The van der Waals surface area contributed by atoms with Crippen LogP contribution >= 0.6 is 0 Å². The first kappa shape index (κ1) is 11.9. The Balaban J connectivity index is 1.79. The summed E-state index contributed by atoms with van der Waals surface area (Å²) in [5.41, 5.74) is 0. The van der Waals surface area contributed by atoms with Crippen LogP contribution in [0.4, 0.5) is 0 Å². The number of rotatable bonds is 2. The number of likely N-dealkylation sites (tertiary alicyclic amines) is 1. The zero-order valence-corrected chi connectivity index (χ0v) is 10.5. The van der Waals surface area contributed by atoms with E-state index < -0.39 is 0 Å². The standard InChI is InChI=1S/C13H24N2O/c1-10-8-15(9-11(10)2)13(16)7-12-3-5-14-6-4-12/h10-12,14H,3-9H2,1-2H3. The largest absolute Gasteiger partial charge is 0.342 e.